The second-order valence-electron chi connectivity index (χ2n) is 17.7. The summed E-state index contributed by atoms with van der Waals surface area (Å²) in [4.78, 5) is 44.2. The molecule has 1 fully saturated rings. The zero-order valence-electron chi connectivity index (χ0n) is 33.3. The molecule has 0 bridgehead atoms. The van der Waals surface area contributed by atoms with Gasteiger partial charge in [0.25, 0.3) is 0 Å². The molecule has 276 valence electrons. The Kier molecular flexibility index (Phi) is 10.0. The first-order valence-corrected chi connectivity index (χ1v) is 17.7. The standard InChI is InChI=1S/C42H57N3O6/c1-22-16-31(40(7,8)9)34(46)25(4)28(22)19-44-37(49)43-38(50)45(39(44)51,20-29-23(2)17-32(41(10,11)12)35(47)26(29)5)21-30-24(3)18-33(42(13,14)15)36(48)27(30)6/h16-18H,19-21H2,1-15H3,(H3-,43,46,47,48,49,50)/p+1. The predicted octanol–water partition coefficient (Wildman–Crippen LogP) is 9.53. The number of rotatable bonds is 6. The van der Waals surface area contributed by atoms with E-state index < -0.39 is 22.6 Å². The number of imide groups is 3. The zero-order chi connectivity index (χ0) is 38.9. The number of hydrogen-bond acceptors (Lipinski definition) is 6. The first-order valence-electron chi connectivity index (χ1n) is 17.7. The molecule has 9 heteroatoms. The monoisotopic (exact) mass is 700 g/mol. The molecule has 1 saturated heterocycles. The highest BCUT2D eigenvalue weighted by Gasteiger charge is 2.56. The molecule has 4 rings (SSSR count). The molecule has 1 heterocycles. The van der Waals surface area contributed by atoms with E-state index in [4.69, 9.17) is 0 Å². The van der Waals surface area contributed by atoms with E-state index in [-0.39, 0.29) is 53.1 Å². The van der Waals surface area contributed by atoms with E-state index in [2.05, 4.69) is 5.32 Å². The van der Waals surface area contributed by atoms with Gasteiger partial charge in [-0.05, 0) is 102 Å². The van der Waals surface area contributed by atoms with Crippen molar-refractivity contribution in [1.29, 1.82) is 0 Å². The molecule has 0 spiro atoms. The lowest BCUT2D eigenvalue weighted by Gasteiger charge is -2.41. The zero-order valence-corrected chi connectivity index (χ0v) is 33.3. The summed E-state index contributed by atoms with van der Waals surface area (Å²) in [5.74, 6) is 0.296. The second kappa shape index (κ2) is 13.0. The average Bonchev–Trinajstić information content (AvgIpc) is 2.99. The predicted molar refractivity (Wildman–Crippen MR) is 201 cm³/mol. The number of amides is 6. The number of urea groups is 3. The fraction of sp³-hybridized carbons (Fsp3) is 0.500. The third-order valence-electron chi connectivity index (χ3n) is 10.7. The van der Waals surface area contributed by atoms with E-state index in [9.17, 15) is 24.9 Å². The van der Waals surface area contributed by atoms with E-state index in [0.717, 1.165) is 38.3 Å². The molecular formula is C42H58N3O6+. The van der Waals surface area contributed by atoms with Crippen molar-refractivity contribution in [2.45, 2.75) is 140 Å². The number of nitrogens with one attached hydrogen (secondary N) is 1. The molecule has 4 N–H and O–H groups in total. The molecule has 1 aliphatic rings. The number of carbonyl (C=O) groups is 3. The van der Waals surface area contributed by atoms with Gasteiger partial charge in [0.1, 0.15) is 30.3 Å². The molecule has 3 aromatic carbocycles. The molecule has 0 saturated carbocycles. The highest BCUT2D eigenvalue weighted by molar-refractivity contribution is 6.05. The van der Waals surface area contributed by atoms with E-state index >= 15 is 4.79 Å². The van der Waals surface area contributed by atoms with E-state index in [1.165, 1.54) is 0 Å². The summed E-state index contributed by atoms with van der Waals surface area (Å²) in [6, 6.07) is 3.30. The Hall–Kier alpha value is -4.37. The number of aryl methyl sites for hydroxylation is 3. The van der Waals surface area contributed by atoms with Crippen LogP contribution in [-0.2, 0) is 35.9 Å². The van der Waals surface area contributed by atoms with Gasteiger partial charge in [-0.2, -0.15) is 4.48 Å². The summed E-state index contributed by atoms with van der Waals surface area (Å²) in [5, 5.41) is 36.6. The van der Waals surface area contributed by atoms with E-state index in [1.807, 2.05) is 101 Å². The minimum atomic E-state index is -0.851. The lowest BCUT2D eigenvalue weighted by atomic mass is 9.82. The van der Waals surface area contributed by atoms with Crippen molar-refractivity contribution in [1.82, 2.24) is 10.2 Å². The first-order chi connectivity index (χ1) is 23.1. The summed E-state index contributed by atoms with van der Waals surface area (Å²) < 4.78 is -0.845. The summed E-state index contributed by atoms with van der Waals surface area (Å²) in [6.45, 7) is 28.6. The van der Waals surface area contributed by atoms with Gasteiger partial charge in [0.15, 0.2) is 0 Å². The molecule has 0 atom stereocenters. The summed E-state index contributed by atoms with van der Waals surface area (Å²) in [7, 11) is 0. The molecular weight excluding hydrogens is 642 g/mol. The Balaban J connectivity index is 1.98. The van der Waals surface area contributed by atoms with Gasteiger partial charge in [-0.25, -0.2) is 24.6 Å². The van der Waals surface area contributed by atoms with Gasteiger partial charge in [-0.15, -0.1) is 0 Å². The molecule has 1 aliphatic heterocycles. The normalized spacial score (nSPS) is 15.4. The van der Waals surface area contributed by atoms with Crippen molar-refractivity contribution in [2.24, 2.45) is 0 Å². The molecule has 51 heavy (non-hydrogen) atoms. The summed E-state index contributed by atoms with van der Waals surface area (Å²) >= 11 is 0. The van der Waals surface area contributed by atoms with Gasteiger partial charge < -0.3 is 15.3 Å². The Bertz CT molecular complexity index is 1880. The van der Waals surface area contributed by atoms with Crippen LogP contribution in [0.15, 0.2) is 18.2 Å². The molecule has 0 aliphatic carbocycles. The smallest absolute Gasteiger partial charge is 0.437 e. The first kappa shape index (κ1) is 39.4. The van der Waals surface area contributed by atoms with Gasteiger partial charge in [-0.3, -0.25) is 0 Å². The molecule has 0 radical (unpaired) electrons. The van der Waals surface area contributed by atoms with Crippen molar-refractivity contribution in [3.05, 3.63) is 85.0 Å². The van der Waals surface area contributed by atoms with Crippen LogP contribution in [0.3, 0.4) is 0 Å². The lowest BCUT2D eigenvalue weighted by Crippen LogP contribution is -2.71. The maximum absolute atomic E-state index is 15.1. The van der Waals surface area contributed by atoms with E-state index in [0.29, 0.717) is 33.4 Å². The van der Waals surface area contributed by atoms with Crippen LogP contribution in [0, 0.1) is 41.5 Å². The van der Waals surface area contributed by atoms with Crippen molar-refractivity contribution in [2.75, 3.05) is 0 Å². The van der Waals surface area contributed by atoms with Gasteiger partial charge in [0, 0.05) is 22.3 Å². The van der Waals surface area contributed by atoms with Crippen LogP contribution in [0.25, 0.3) is 0 Å². The quantitative estimate of drug-likeness (QED) is 0.190. The Morgan fingerprint density at radius 2 is 0.882 bits per heavy atom. The lowest BCUT2D eigenvalue weighted by molar-refractivity contribution is -0.802. The number of carbonyl (C=O) groups excluding carboxylic acids is 3. The number of phenols is 3. The van der Waals surface area contributed by atoms with Crippen LogP contribution in [0.2, 0.25) is 0 Å². The fourth-order valence-electron chi connectivity index (χ4n) is 7.33. The van der Waals surface area contributed by atoms with Crippen LogP contribution in [-0.4, -0.2) is 42.8 Å². The molecule has 6 amide bonds. The number of nitrogens with zero attached hydrogens (tertiary/aromatic N) is 2. The van der Waals surface area contributed by atoms with Crippen molar-refractivity contribution < 1.29 is 34.2 Å². The SMILES string of the molecule is Cc1cc(C(C)(C)C)c(O)c(C)c1CN1C(=O)NC(=O)[N+](Cc2c(C)cc(C(C)(C)C)c(O)c2C)(Cc2c(C)cc(C(C)(C)C)c(O)c2C)C1=O. The third kappa shape index (κ3) is 6.97. The summed E-state index contributed by atoms with van der Waals surface area (Å²) in [5.41, 5.74) is 7.06. The fourth-order valence-corrected chi connectivity index (χ4v) is 7.33. The van der Waals surface area contributed by atoms with Crippen LogP contribution in [0.5, 0.6) is 17.2 Å². The maximum Gasteiger partial charge on any atom is 0.437 e. The van der Waals surface area contributed by atoms with Crippen LogP contribution in [0.1, 0.15) is 129 Å². The molecule has 0 unspecified atom stereocenters. The molecule has 3 aromatic rings. The minimum Gasteiger partial charge on any atom is -0.507 e. The summed E-state index contributed by atoms with van der Waals surface area (Å²) in [6.07, 6.45) is 0. The molecule has 9 nitrogen and oxygen atoms in total. The minimum absolute atomic E-state index is 0.0965. The highest BCUT2D eigenvalue weighted by Crippen LogP contribution is 2.42. The molecule has 0 aromatic heterocycles. The van der Waals surface area contributed by atoms with Crippen molar-refractivity contribution >= 4 is 18.1 Å². The average molecular weight is 701 g/mol. The Morgan fingerprint density at radius 1 is 0.569 bits per heavy atom. The second-order valence-corrected chi connectivity index (χ2v) is 17.7. The highest BCUT2D eigenvalue weighted by atomic mass is 16.3. The van der Waals surface area contributed by atoms with Crippen molar-refractivity contribution in [3.8, 4) is 17.2 Å². The van der Waals surface area contributed by atoms with Crippen molar-refractivity contribution in [3.63, 3.8) is 0 Å². The van der Waals surface area contributed by atoms with Crippen LogP contribution < -0.4 is 5.32 Å². The van der Waals surface area contributed by atoms with Crippen LogP contribution >= 0.6 is 0 Å². The largest absolute Gasteiger partial charge is 0.507 e. The third-order valence-corrected chi connectivity index (χ3v) is 10.7. The Morgan fingerprint density at radius 3 is 1.22 bits per heavy atom. The van der Waals surface area contributed by atoms with Gasteiger partial charge in [0.2, 0.25) is 0 Å². The van der Waals surface area contributed by atoms with E-state index in [1.54, 1.807) is 20.8 Å². The maximum atomic E-state index is 15.1. The number of quaternary nitrogens is 1. The number of phenolic OH excluding ortho intramolecular Hbond substituents is 3. The number of benzene rings is 3. The number of hydrogen-bond donors (Lipinski definition) is 4. The Labute approximate surface area is 303 Å². The number of aromatic hydroxyl groups is 3. The van der Waals surface area contributed by atoms with Gasteiger partial charge in [-0.1, -0.05) is 80.5 Å². The van der Waals surface area contributed by atoms with Crippen LogP contribution in [0.4, 0.5) is 14.4 Å². The van der Waals surface area contributed by atoms with Gasteiger partial charge >= 0.3 is 18.1 Å². The topological polar surface area (TPSA) is 127 Å². The van der Waals surface area contributed by atoms with Gasteiger partial charge in [0.05, 0.1) is 6.54 Å².